The van der Waals surface area contributed by atoms with Crippen molar-refractivity contribution < 1.29 is 18.0 Å². The minimum Gasteiger partial charge on any atom is -0.322 e. The summed E-state index contributed by atoms with van der Waals surface area (Å²) in [4.78, 5) is 16.0. The monoisotopic (exact) mass is 430 g/mol. The SMILES string of the molecule is CC(C)C1CCC(n2cc3cc(NC(=O)c4cncc(C(F)(F)F)c4)ccc3n2)CC1. The van der Waals surface area contributed by atoms with E-state index < -0.39 is 17.6 Å². The highest BCUT2D eigenvalue weighted by atomic mass is 19.4. The van der Waals surface area contributed by atoms with Crippen LogP contribution in [0.15, 0.2) is 42.9 Å². The molecule has 0 saturated heterocycles. The Morgan fingerprint density at radius 1 is 1.13 bits per heavy atom. The summed E-state index contributed by atoms with van der Waals surface area (Å²) in [6.07, 6.45) is 3.85. The van der Waals surface area contributed by atoms with Gasteiger partial charge in [0.15, 0.2) is 0 Å². The average molecular weight is 430 g/mol. The Kier molecular flexibility index (Phi) is 5.73. The van der Waals surface area contributed by atoms with Crippen molar-refractivity contribution in [2.75, 3.05) is 5.32 Å². The molecule has 164 valence electrons. The maximum atomic E-state index is 12.9. The maximum Gasteiger partial charge on any atom is 0.417 e. The molecule has 0 bridgehead atoms. The van der Waals surface area contributed by atoms with Crippen LogP contribution in [-0.2, 0) is 6.18 Å². The fourth-order valence-electron chi connectivity index (χ4n) is 4.26. The van der Waals surface area contributed by atoms with E-state index in [0.29, 0.717) is 23.8 Å². The summed E-state index contributed by atoms with van der Waals surface area (Å²) in [6, 6.07) is 6.47. The number of hydrogen-bond acceptors (Lipinski definition) is 3. The summed E-state index contributed by atoms with van der Waals surface area (Å²) in [5, 5.41) is 8.23. The van der Waals surface area contributed by atoms with Gasteiger partial charge in [0, 0.05) is 29.7 Å². The number of carbonyl (C=O) groups excluding carboxylic acids is 1. The molecule has 1 N–H and O–H groups in total. The Morgan fingerprint density at radius 2 is 1.87 bits per heavy atom. The van der Waals surface area contributed by atoms with Gasteiger partial charge >= 0.3 is 6.18 Å². The van der Waals surface area contributed by atoms with Gasteiger partial charge in [0.1, 0.15) is 0 Å². The molecular formula is C23H25F3N4O. The predicted molar refractivity (Wildman–Crippen MR) is 113 cm³/mol. The van der Waals surface area contributed by atoms with E-state index in [0.717, 1.165) is 41.9 Å². The summed E-state index contributed by atoms with van der Waals surface area (Å²) >= 11 is 0. The number of alkyl halides is 3. The lowest BCUT2D eigenvalue weighted by Crippen LogP contribution is -2.21. The topological polar surface area (TPSA) is 59.8 Å². The van der Waals surface area contributed by atoms with E-state index in [1.54, 1.807) is 12.1 Å². The molecule has 1 aliphatic rings. The van der Waals surface area contributed by atoms with Crippen LogP contribution in [0, 0.1) is 11.8 Å². The number of benzene rings is 1. The van der Waals surface area contributed by atoms with Crippen LogP contribution in [0.4, 0.5) is 18.9 Å². The third-order valence-corrected chi connectivity index (χ3v) is 6.17. The molecule has 0 atom stereocenters. The average Bonchev–Trinajstić information content (AvgIpc) is 3.16. The molecule has 0 spiro atoms. The molecule has 5 nitrogen and oxygen atoms in total. The number of halogens is 3. The normalized spacial score (nSPS) is 19.7. The molecule has 0 aliphatic heterocycles. The Balaban J connectivity index is 1.48. The first-order valence-electron chi connectivity index (χ1n) is 10.5. The van der Waals surface area contributed by atoms with Crippen molar-refractivity contribution in [1.82, 2.24) is 14.8 Å². The minimum absolute atomic E-state index is 0.146. The second kappa shape index (κ2) is 8.32. The van der Waals surface area contributed by atoms with Gasteiger partial charge < -0.3 is 5.32 Å². The number of nitrogens with zero attached hydrogens (tertiary/aromatic N) is 3. The molecule has 2 heterocycles. The zero-order chi connectivity index (χ0) is 22.2. The highest BCUT2D eigenvalue weighted by Crippen LogP contribution is 2.36. The first-order valence-corrected chi connectivity index (χ1v) is 10.5. The highest BCUT2D eigenvalue weighted by Gasteiger charge is 2.31. The molecule has 1 fully saturated rings. The van der Waals surface area contributed by atoms with E-state index in [1.165, 1.54) is 12.8 Å². The van der Waals surface area contributed by atoms with Gasteiger partial charge in [0.25, 0.3) is 5.91 Å². The van der Waals surface area contributed by atoms with Gasteiger partial charge in [-0.25, -0.2) is 0 Å². The quantitative estimate of drug-likeness (QED) is 0.545. The van der Waals surface area contributed by atoms with Crippen LogP contribution in [0.2, 0.25) is 0 Å². The van der Waals surface area contributed by atoms with Crippen LogP contribution in [-0.4, -0.2) is 20.7 Å². The summed E-state index contributed by atoms with van der Waals surface area (Å²) in [7, 11) is 0. The fourth-order valence-corrected chi connectivity index (χ4v) is 4.26. The van der Waals surface area contributed by atoms with Crippen LogP contribution >= 0.6 is 0 Å². The predicted octanol–water partition coefficient (Wildman–Crippen LogP) is 6.09. The fraction of sp³-hybridized carbons (Fsp3) is 0.435. The molecule has 2 aromatic heterocycles. The Labute approximate surface area is 178 Å². The van der Waals surface area contributed by atoms with Crippen LogP contribution in [0.25, 0.3) is 10.9 Å². The number of hydrogen-bond donors (Lipinski definition) is 1. The number of fused-ring (bicyclic) bond motifs is 1. The standard InChI is InChI=1S/C23H25F3N4O/c1-14(2)15-3-6-20(7-4-15)30-13-17-10-19(5-8-21(17)29-30)28-22(31)16-9-18(12-27-11-16)23(24,25)26/h5,8-15,20H,3-4,6-7H2,1-2H3,(H,28,31). The van der Waals surface area contributed by atoms with Crippen molar-refractivity contribution in [2.45, 2.75) is 51.7 Å². The first-order chi connectivity index (χ1) is 14.7. The van der Waals surface area contributed by atoms with Gasteiger partial charge in [0.05, 0.1) is 22.7 Å². The van der Waals surface area contributed by atoms with Gasteiger partial charge in [-0.05, 0) is 61.8 Å². The van der Waals surface area contributed by atoms with E-state index in [-0.39, 0.29) is 5.56 Å². The molecule has 31 heavy (non-hydrogen) atoms. The summed E-state index contributed by atoms with van der Waals surface area (Å²) in [5.41, 5.74) is 0.222. The molecule has 1 amide bonds. The van der Waals surface area contributed by atoms with E-state index in [4.69, 9.17) is 5.10 Å². The van der Waals surface area contributed by atoms with Crippen molar-refractivity contribution in [3.05, 3.63) is 54.0 Å². The van der Waals surface area contributed by atoms with Crippen LogP contribution in [0.1, 0.15) is 61.5 Å². The third-order valence-electron chi connectivity index (χ3n) is 6.17. The zero-order valence-electron chi connectivity index (χ0n) is 17.5. The third kappa shape index (κ3) is 4.73. The number of aromatic nitrogens is 3. The van der Waals surface area contributed by atoms with E-state index in [1.807, 2.05) is 16.9 Å². The van der Waals surface area contributed by atoms with Crippen LogP contribution in [0.5, 0.6) is 0 Å². The number of amides is 1. The smallest absolute Gasteiger partial charge is 0.322 e. The van der Waals surface area contributed by atoms with E-state index >= 15 is 0 Å². The Morgan fingerprint density at radius 3 is 2.55 bits per heavy atom. The van der Waals surface area contributed by atoms with Crippen molar-refractivity contribution >= 4 is 22.5 Å². The largest absolute Gasteiger partial charge is 0.417 e. The molecule has 1 aromatic carbocycles. The van der Waals surface area contributed by atoms with Crippen molar-refractivity contribution in [2.24, 2.45) is 11.8 Å². The second-order valence-electron chi connectivity index (χ2n) is 8.61. The van der Waals surface area contributed by atoms with Crippen LogP contribution in [0.3, 0.4) is 0 Å². The molecule has 1 aliphatic carbocycles. The van der Waals surface area contributed by atoms with E-state index in [9.17, 15) is 18.0 Å². The van der Waals surface area contributed by atoms with Crippen molar-refractivity contribution in [1.29, 1.82) is 0 Å². The lowest BCUT2D eigenvalue weighted by Gasteiger charge is -2.30. The number of anilines is 1. The lowest BCUT2D eigenvalue weighted by molar-refractivity contribution is -0.137. The Bertz CT molecular complexity index is 1080. The van der Waals surface area contributed by atoms with Crippen molar-refractivity contribution in [3.63, 3.8) is 0 Å². The zero-order valence-corrected chi connectivity index (χ0v) is 17.5. The summed E-state index contributed by atoms with van der Waals surface area (Å²) in [6.45, 7) is 4.55. The molecule has 1 saturated carbocycles. The first kappa shape index (κ1) is 21.3. The number of rotatable bonds is 4. The lowest BCUT2D eigenvalue weighted by atomic mass is 9.80. The molecule has 4 rings (SSSR count). The van der Waals surface area contributed by atoms with Gasteiger partial charge in [-0.2, -0.15) is 18.3 Å². The molecular weight excluding hydrogens is 405 g/mol. The Hall–Kier alpha value is -2.90. The van der Waals surface area contributed by atoms with Crippen LogP contribution < -0.4 is 5.32 Å². The summed E-state index contributed by atoms with van der Waals surface area (Å²) < 4.78 is 40.6. The molecule has 0 unspecified atom stereocenters. The second-order valence-corrected chi connectivity index (χ2v) is 8.61. The van der Waals surface area contributed by atoms with Crippen molar-refractivity contribution in [3.8, 4) is 0 Å². The number of carbonyl (C=O) groups is 1. The number of nitrogens with one attached hydrogen (secondary N) is 1. The number of pyridine rings is 1. The minimum atomic E-state index is -4.55. The molecule has 3 aromatic rings. The van der Waals surface area contributed by atoms with E-state index in [2.05, 4.69) is 24.1 Å². The van der Waals surface area contributed by atoms with Gasteiger partial charge in [-0.1, -0.05) is 13.8 Å². The van der Waals surface area contributed by atoms with Gasteiger partial charge in [0.2, 0.25) is 0 Å². The maximum absolute atomic E-state index is 12.9. The van der Waals surface area contributed by atoms with Gasteiger partial charge in [-0.15, -0.1) is 0 Å². The molecule has 8 heteroatoms. The molecule has 0 radical (unpaired) electrons. The van der Waals surface area contributed by atoms with Gasteiger partial charge in [-0.3, -0.25) is 14.5 Å². The summed E-state index contributed by atoms with van der Waals surface area (Å²) in [5.74, 6) is 0.835. The highest BCUT2D eigenvalue weighted by molar-refractivity contribution is 6.05.